The predicted molar refractivity (Wildman–Crippen MR) is 117 cm³/mol. The second kappa shape index (κ2) is 9.84. The van der Waals surface area contributed by atoms with Crippen LogP contribution in [0.5, 0.6) is 5.75 Å². The van der Waals surface area contributed by atoms with Crippen LogP contribution in [0.15, 0.2) is 30.6 Å². The number of carbonyl (C=O) groups is 1. The van der Waals surface area contributed by atoms with Crippen LogP contribution in [0, 0.1) is 0 Å². The van der Waals surface area contributed by atoms with Gasteiger partial charge in [-0.05, 0) is 36.8 Å². The number of hydrazine groups is 1. The van der Waals surface area contributed by atoms with Gasteiger partial charge >= 0.3 is 5.97 Å². The fraction of sp³-hybridized carbons (Fsp3) is 0.263. The first-order valence-corrected chi connectivity index (χ1v) is 11.3. The zero-order valence-corrected chi connectivity index (χ0v) is 19.0. The van der Waals surface area contributed by atoms with Crippen LogP contribution >= 0.6 is 23.2 Å². The van der Waals surface area contributed by atoms with E-state index in [2.05, 4.69) is 15.1 Å². The average Bonchev–Trinajstić information content (AvgIpc) is 2.74. The number of rotatable bonds is 7. The Bertz CT molecular complexity index is 1100. The van der Waals surface area contributed by atoms with Gasteiger partial charge in [0, 0.05) is 23.5 Å². The number of nitrogens with one attached hydrogen (secondary N) is 2. The van der Waals surface area contributed by atoms with Crippen LogP contribution in [0.1, 0.15) is 23.6 Å². The molecule has 1 aromatic heterocycles. The van der Waals surface area contributed by atoms with E-state index in [0.717, 1.165) is 9.98 Å². The smallest absolute Gasteiger partial charge is 0.321 e. The van der Waals surface area contributed by atoms with Crippen LogP contribution in [-0.4, -0.2) is 44.0 Å². The maximum Gasteiger partial charge on any atom is 0.321 e. The Balaban J connectivity index is 2.00. The van der Waals surface area contributed by atoms with E-state index in [0.29, 0.717) is 32.6 Å². The molecule has 31 heavy (non-hydrogen) atoms. The largest absolute Gasteiger partial charge is 0.497 e. The van der Waals surface area contributed by atoms with E-state index in [9.17, 15) is 13.2 Å². The number of carbonyl (C=O) groups excluding carboxylic acids is 1. The normalized spacial score (nSPS) is 15.3. The first-order valence-electron chi connectivity index (χ1n) is 9.12. The number of benzene rings is 1. The highest BCUT2D eigenvalue weighted by Gasteiger charge is 2.30. The monoisotopic (exact) mass is 486 g/mol. The summed E-state index contributed by atoms with van der Waals surface area (Å²) in [5.41, 5.74) is 5.17. The van der Waals surface area contributed by atoms with Gasteiger partial charge in [0.2, 0.25) is 0 Å². The Kier molecular flexibility index (Phi) is 7.39. The Morgan fingerprint density at radius 2 is 2.03 bits per heavy atom. The quantitative estimate of drug-likeness (QED) is 0.578. The number of aromatic nitrogens is 1. The van der Waals surface area contributed by atoms with Crippen LogP contribution in [0.2, 0.25) is 10.0 Å². The fourth-order valence-electron chi connectivity index (χ4n) is 2.88. The Labute approximate surface area is 190 Å². The van der Waals surface area contributed by atoms with Gasteiger partial charge in [0.15, 0.2) is 0 Å². The molecule has 0 saturated heterocycles. The molecule has 166 valence electrons. The van der Waals surface area contributed by atoms with Crippen molar-refractivity contribution in [2.24, 2.45) is 0 Å². The van der Waals surface area contributed by atoms with Gasteiger partial charge < -0.3 is 14.9 Å². The molecule has 12 heteroatoms. The Morgan fingerprint density at radius 1 is 1.32 bits per heavy atom. The van der Waals surface area contributed by atoms with Gasteiger partial charge in [-0.1, -0.05) is 27.6 Å². The van der Waals surface area contributed by atoms with Gasteiger partial charge in [0.25, 0.3) is 10.2 Å². The lowest BCUT2D eigenvalue weighted by molar-refractivity contribution is -0.141. The summed E-state index contributed by atoms with van der Waals surface area (Å²) in [6, 6.07) is 5.28. The maximum atomic E-state index is 12.8. The number of methoxy groups -OCH3 is 1. The van der Waals surface area contributed by atoms with Crippen molar-refractivity contribution in [1.82, 2.24) is 19.5 Å². The van der Waals surface area contributed by atoms with Crippen molar-refractivity contribution in [2.45, 2.75) is 13.5 Å². The lowest BCUT2D eigenvalue weighted by atomic mass is 10.0. The highest BCUT2D eigenvalue weighted by molar-refractivity contribution is 7.87. The molecule has 0 fully saturated rings. The topological polar surface area (TPSA) is 110 Å². The van der Waals surface area contributed by atoms with Crippen molar-refractivity contribution < 1.29 is 22.7 Å². The molecule has 0 spiro atoms. The SMILES string of the molecule is CCOC(=O)CNS(=O)(=O)N1Cc2cc(OC)ccc2C(=Cc2c(Cl)cncc2Cl)N1. The van der Waals surface area contributed by atoms with Crippen molar-refractivity contribution in [3.05, 3.63) is 57.3 Å². The molecular formula is C19H20Cl2N4O5S. The number of halogens is 2. The van der Waals surface area contributed by atoms with E-state index >= 15 is 0 Å². The van der Waals surface area contributed by atoms with Crippen LogP contribution in [0.4, 0.5) is 0 Å². The molecule has 0 saturated carbocycles. The van der Waals surface area contributed by atoms with Crippen molar-refractivity contribution in [3.63, 3.8) is 0 Å². The van der Waals surface area contributed by atoms with Gasteiger partial charge in [-0.25, -0.2) is 0 Å². The summed E-state index contributed by atoms with van der Waals surface area (Å²) in [6.07, 6.45) is 4.50. The minimum atomic E-state index is -4.09. The van der Waals surface area contributed by atoms with Crippen molar-refractivity contribution >= 4 is 51.2 Å². The molecule has 1 aliphatic heterocycles. The zero-order chi connectivity index (χ0) is 22.6. The third kappa shape index (κ3) is 5.46. The molecular weight excluding hydrogens is 467 g/mol. The summed E-state index contributed by atoms with van der Waals surface area (Å²) in [5.74, 6) is -0.118. The first-order chi connectivity index (χ1) is 14.7. The van der Waals surface area contributed by atoms with Crippen molar-refractivity contribution in [2.75, 3.05) is 20.3 Å². The molecule has 2 heterocycles. The van der Waals surface area contributed by atoms with E-state index < -0.39 is 22.7 Å². The van der Waals surface area contributed by atoms with Gasteiger partial charge in [-0.15, -0.1) is 0 Å². The molecule has 0 amide bonds. The number of hydrogen-bond acceptors (Lipinski definition) is 7. The van der Waals surface area contributed by atoms with E-state index in [4.69, 9.17) is 32.7 Å². The summed E-state index contributed by atoms with van der Waals surface area (Å²) < 4.78 is 38.9. The Hall–Kier alpha value is -2.37. The number of nitrogens with zero attached hydrogens (tertiary/aromatic N) is 2. The number of esters is 1. The third-order valence-electron chi connectivity index (χ3n) is 4.34. The molecule has 0 unspecified atom stereocenters. The van der Waals surface area contributed by atoms with E-state index in [-0.39, 0.29) is 13.2 Å². The minimum absolute atomic E-state index is 0.0140. The van der Waals surface area contributed by atoms with Gasteiger partial charge in [-0.2, -0.15) is 13.1 Å². The molecule has 2 aromatic rings. The number of hydrogen-bond donors (Lipinski definition) is 2. The minimum Gasteiger partial charge on any atom is -0.497 e. The second-order valence-electron chi connectivity index (χ2n) is 6.35. The summed E-state index contributed by atoms with van der Waals surface area (Å²) in [6.45, 7) is 1.27. The summed E-state index contributed by atoms with van der Waals surface area (Å²) >= 11 is 12.5. The fourth-order valence-corrected chi connectivity index (χ4v) is 4.34. The summed E-state index contributed by atoms with van der Waals surface area (Å²) in [5, 5.41) is 0.606. The standard InChI is InChI=1S/C19H20Cl2N4O5S/c1-3-30-19(26)10-23-31(27,28)25-11-12-6-13(29-2)4-5-14(12)18(24-25)7-15-16(20)8-22-9-17(15)21/h4-9,23-24H,3,10-11H2,1-2H3. The number of fused-ring (bicyclic) bond motifs is 1. The van der Waals surface area contributed by atoms with E-state index in [1.807, 2.05) is 0 Å². The highest BCUT2D eigenvalue weighted by atomic mass is 35.5. The molecule has 0 radical (unpaired) electrons. The van der Waals surface area contributed by atoms with Gasteiger partial charge in [0.1, 0.15) is 12.3 Å². The lowest BCUT2D eigenvalue weighted by Crippen LogP contribution is -2.50. The molecule has 0 atom stereocenters. The van der Waals surface area contributed by atoms with E-state index in [1.54, 1.807) is 31.2 Å². The Morgan fingerprint density at radius 3 is 2.68 bits per heavy atom. The first kappa shape index (κ1) is 23.3. The predicted octanol–water partition coefficient (Wildman–Crippen LogP) is 2.61. The highest BCUT2D eigenvalue weighted by Crippen LogP contribution is 2.33. The lowest BCUT2D eigenvalue weighted by Gasteiger charge is -2.31. The number of pyridine rings is 1. The molecule has 9 nitrogen and oxygen atoms in total. The summed E-state index contributed by atoms with van der Waals surface area (Å²) in [4.78, 5) is 15.5. The second-order valence-corrected chi connectivity index (χ2v) is 8.84. The van der Waals surface area contributed by atoms with Crippen LogP contribution in [0.3, 0.4) is 0 Å². The average molecular weight is 487 g/mol. The molecule has 1 aromatic carbocycles. The molecule has 0 bridgehead atoms. The molecule has 0 aliphatic carbocycles. The molecule has 3 rings (SSSR count). The van der Waals surface area contributed by atoms with Crippen LogP contribution in [0.25, 0.3) is 11.8 Å². The maximum absolute atomic E-state index is 12.8. The summed E-state index contributed by atoms with van der Waals surface area (Å²) in [7, 11) is -2.57. The molecule has 1 aliphatic rings. The molecule has 2 N–H and O–H groups in total. The van der Waals surface area contributed by atoms with Crippen LogP contribution in [-0.2, 0) is 26.3 Å². The van der Waals surface area contributed by atoms with Gasteiger partial charge in [-0.3, -0.25) is 9.78 Å². The van der Waals surface area contributed by atoms with Crippen LogP contribution < -0.4 is 14.9 Å². The van der Waals surface area contributed by atoms with Crippen molar-refractivity contribution in [1.29, 1.82) is 0 Å². The van der Waals surface area contributed by atoms with E-state index in [1.165, 1.54) is 19.5 Å². The number of ether oxygens (including phenoxy) is 2. The van der Waals surface area contributed by atoms with Gasteiger partial charge in [0.05, 0.1) is 36.0 Å². The third-order valence-corrected chi connectivity index (χ3v) is 6.25. The zero-order valence-electron chi connectivity index (χ0n) is 16.7. The van der Waals surface area contributed by atoms with Crippen molar-refractivity contribution in [3.8, 4) is 5.75 Å².